The number of carbonyl (C=O) groups is 2. The highest BCUT2D eigenvalue weighted by Crippen LogP contribution is 2.34. The number of nitrogens with zero attached hydrogens (tertiary/aromatic N) is 2. The van der Waals surface area contributed by atoms with E-state index in [9.17, 15) is 19.7 Å². The number of carbonyl (C=O) groups excluding carboxylic acids is 2. The maximum atomic E-state index is 12.4. The van der Waals surface area contributed by atoms with Crippen LogP contribution >= 0.6 is 43.2 Å². The standard InChI is InChI=1S/C21H32N4O4S4/c1-4-17(9-6-8-16(3)19(26)22-12-14-31-30-5-2)20(27)23-13-15-32-33-21-18(25(28)29)10-7-11-24-21/h6-8,10-11,16-17H,4-5,9,12-15H2,1-3H3,(H,22,26)(H,23,27)/b8-6+. The van der Waals surface area contributed by atoms with Crippen LogP contribution in [-0.4, -0.2) is 52.1 Å². The maximum absolute atomic E-state index is 12.4. The molecule has 0 fully saturated rings. The van der Waals surface area contributed by atoms with Crippen molar-refractivity contribution in [2.45, 2.75) is 38.6 Å². The SMILES string of the molecule is CCSSCCNC(=O)C(C)/C=C/CC(CC)C(=O)NCCSSc1ncccc1[N+](=O)[O-]. The Bertz CT molecular complexity index is 782. The first-order chi connectivity index (χ1) is 15.9. The van der Waals surface area contributed by atoms with Gasteiger partial charge < -0.3 is 10.6 Å². The molecule has 0 aliphatic rings. The smallest absolute Gasteiger partial charge is 0.302 e. The molecule has 0 aliphatic heterocycles. The van der Waals surface area contributed by atoms with E-state index < -0.39 is 4.92 Å². The predicted molar refractivity (Wildman–Crippen MR) is 143 cm³/mol. The number of hydrogen-bond acceptors (Lipinski definition) is 9. The zero-order valence-corrected chi connectivity index (χ0v) is 22.4. The highest BCUT2D eigenvalue weighted by atomic mass is 33.1. The molecule has 8 nitrogen and oxygen atoms in total. The first-order valence-electron chi connectivity index (χ1n) is 10.8. The van der Waals surface area contributed by atoms with Crippen molar-refractivity contribution in [3.63, 3.8) is 0 Å². The van der Waals surface area contributed by atoms with Gasteiger partial charge in [-0.2, -0.15) is 0 Å². The van der Waals surface area contributed by atoms with E-state index in [4.69, 9.17) is 0 Å². The molecule has 0 radical (unpaired) electrons. The van der Waals surface area contributed by atoms with E-state index in [0.29, 0.717) is 36.7 Å². The van der Waals surface area contributed by atoms with Crippen LogP contribution in [0.2, 0.25) is 0 Å². The Labute approximate surface area is 211 Å². The van der Waals surface area contributed by atoms with E-state index in [1.807, 2.05) is 26.0 Å². The van der Waals surface area contributed by atoms with Crippen LogP contribution < -0.4 is 10.6 Å². The monoisotopic (exact) mass is 532 g/mol. The molecule has 0 saturated carbocycles. The number of pyridine rings is 1. The fourth-order valence-electron chi connectivity index (χ4n) is 2.56. The van der Waals surface area contributed by atoms with Gasteiger partial charge in [0.25, 0.3) is 0 Å². The molecule has 2 atom stereocenters. The third-order valence-corrected chi connectivity index (χ3v) is 9.15. The third-order valence-electron chi connectivity index (χ3n) is 4.38. The zero-order chi connectivity index (χ0) is 24.5. The van der Waals surface area contributed by atoms with E-state index in [-0.39, 0.29) is 29.3 Å². The third kappa shape index (κ3) is 12.6. The van der Waals surface area contributed by atoms with Crippen molar-refractivity contribution in [1.82, 2.24) is 15.6 Å². The number of nitro groups is 1. The van der Waals surface area contributed by atoms with Crippen molar-refractivity contribution in [2.75, 3.05) is 30.3 Å². The van der Waals surface area contributed by atoms with Crippen molar-refractivity contribution < 1.29 is 14.5 Å². The van der Waals surface area contributed by atoms with Crippen molar-refractivity contribution in [1.29, 1.82) is 0 Å². The summed E-state index contributed by atoms with van der Waals surface area (Å²) in [7, 11) is 6.17. The Morgan fingerprint density at radius 1 is 1.15 bits per heavy atom. The van der Waals surface area contributed by atoms with Gasteiger partial charge in [0.1, 0.15) is 0 Å². The van der Waals surface area contributed by atoms with Crippen LogP contribution in [0.3, 0.4) is 0 Å². The predicted octanol–water partition coefficient (Wildman–Crippen LogP) is 4.97. The van der Waals surface area contributed by atoms with Gasteiger partial charge in [0, 0.05) is 48.5 Å². The number of aromatic nitrogens is 1. The molecule has 1 aromatic heterocycles. The lowest BCUT2D eigenvalue weighted by atomic mass is 10.00. The minimum absolute atomic E-state index is 0.00600. The lowest BCUT2D eigenvalue weighted by Gasteiger charge is -2.13. The largest absolute Gasteiger partial charge is 0.355 e. The lowest BCUT2D eigenvalue weighted by molar-refractivity contribution is -0.388. The van der Waals surface area contributed by atoms with Gasteiger partial charge in [0.2, 0.25) is 11.8 Å². The first-order valence-corrected chi connectivity index (χ1v) is 15.6. The van der Waals surface area contributed by atoms with Gasteiger partial charge in [-0.15, -0.1) is 0 Å². The van der Waals surface area contributed by atoms with Gasteiger partial charge in [-0.25, -0.2) is 4.98 Å². The van der Waals surface area contributed by atoms with Gasteiger partial charge >= 0.3 is 5.69 Å². The topological polar surface area (TPSA) is 114 Å². The fourth-order valence-corrected chi connectivity index (χ4v) is 6.06. The summed E-state index contributed by atoms with van der Waals surface area (Å²) in [6.45, 7) is 7.03. The number of amides is 2. The highest BCUT2D eigenvalue weighted by molar-refractivity contribution is 8.77. The molecule has 33 heavy (non-hydrogen) atoms. The fraction of sp³-hybridized carbons (Fsp3) is 0.571. The van der Waals surface area contributed by atoms with Crippen LogP contribution in [0.5, 0.6) is 0 Å². The maximum Gasteiger partial charge on any atom is 0.302 e. The molecule has 0 saturated heterocycles. The number of hydrogen-bond donors (Lipinski definition) is 2. The number of rotatable bonds is 17. The number of allylic oxidation sites excluding steroid dienone is 1. The van der Waals surface area contributed by atoms with Crippen molar-refractivity contribution in [2.24, 2.45) is 11.8 Å². The second kappa shape index (κ2) is 18.0. The first kappa shape index (κ1) is 29.7. The molecule has 2 unspecified atom stereocenters. The highest BCUT2D eigenvalue weighted by Gasteiger charge is 2.17. The van der Waals surface area contributed by atoms with E-state index in [0.717, 1.165) is 11.5 Å². The van der Waals surface area contributed by atoms with Crippen LogP contribution in [0.15, 0.2) is 35.5 Å². The molecule has 1 rings (SSSR count). The summed E-state index contributed by atoms with van der Waals surface area (Å²) in [6, 6.07) is 2.96. The zero-order valence-electron chi connectivity index (χ0n) is 19.2. The van der Waals surface area contributed by atoms with Crippen molar-refractivity contribution >= 4 is 60.7 Å². The molecule has 0 aliphatic carbocycles. The van der Waals surface area contributed by atoms with Gasteiger partial charge in [0.15, 0.2) is 5.03 Å². The average Bonchev–Trinajstić information content (AvgIpc) is 2.81. The Morgan fingerprint density at radius 2 is 1.85 bits per heavy atom. The molecule has 0 bridgehead atoms. The molecule has 2 amide bonds. The van der Waals surface area contributed by atoms with Crippen molar-refractivity contribution in [3.8, 4) is 0 Å². The molecule has 2 N–H and O–H groups in total. The summed E-state index contributed by atoms with van der Waals surface area (Å²) < 4.78 is 0. The summed E-state index contributed by atoms with van der Waals surface area (Å²) in [4.78, 5) is 39.2. The molecule has 0 spiro atoms. The Hall–Kier alpha value is -1.37. The van der Waals surface area contributed by atoms with Gasteiger partial charge in [-0.1, -0.05) is 65.3 Å². The summed E-state index contributed by atoms with van der Waals surface area (Å²) in [5.41, 5.74) is -0.0193. The molecular formula is C21H32N4O4S4. The van der Waals surface area contributed by atoms with Crippen molar-refractivity contribution in [3.05, 3.63) is 40.6 Å². The molecule has 0 aromatic carbocycles. The summed E-state index contributed by atoms with van der Waals surface area (Å²) >= 11 is 0. The van der Waals surface area contributed by atoms with Gasteiger partial charge in [-0.3, -0.25) is 19.7 Å². The molecule has 12 heteroatoms. The Morgan fingerprint density at radius 3 is 2.52 bits per heavy atom. The minimum atomic E-state index is -0.451. The molecule has 1 aromatic rings. The van der Waals surface area contributed by atoms with Crippen LogP contribution in [0, 0.1) is 22.0 Å². The van der Waals surface area contributed by atoms with E-state index in [2.05, 4.69) is 22.5 Å². The summed E-state index contributed by atoms with van der Waals surface area (Å²) in [5, 5.41) is 17.2. The Kier molecular flexibility index (Phi) is 16.2. The van der Waals surface area contributed by atoms with Gasteiger partial charge in [0.05, 0.1) is 10.8 Å². The molecule has 184 valence electrons. The molecular weight excluding hydrogens is 501 g/mol. The second-order valence-electron chi connectivity index (χ2n) is 6.86. The van der Waals surface area contributed by atoms with E-state index >= 15 is 0 Å². The quantitative estimate of drug-likeness (QED) is 0.0943. The Balaban J connectivity index is 2.30. The van der Waals surface area contributed by atoms with Crippen LogP contribution in [0.1, 0.15) is 33.6 Å². The lowest BCUT2D eigenvalue weighted by Crippen LogP contribution is -2.32. The van der Waals surface area contributed by atoms with Crippen LogP contribution in [-0.2, 0) is 9.59 Å². The van der Waals surface area contributed by atoms with Crippen LogP contribution in [0.25, 0.3) is 0 Å². The average molecular weight is 533 g/mol. The van der Waals surface area contributed by atoms with Crippen LogP contribution in [0.4, 0.5) is 5.69 Å². The van der Waals surface area contributed by atoms with Gasteiger partial charge in [-0.05, 0) is 29.7 Å². The minimum Gasteiger partial charge on any atom is -0.355 e. The number of nitrogens with one attached hydrogen (secondary N) is 2. The normalized spacial score (nSPS) is 12.9. The molecule has 1 heterocycles. The summed E-state index contributed by atoms with van der Waals surface area (Å²) in [5.74, 6) is 2.11. The summed E-state index contributed by atoms with van der Waals surface area (Å²) in [6.07, 6.45) is 6.55. The van der Waals surface area contributed by atoms with E-state index in [1.165, 1.54) is 39.9 Å². The van der Waals surface area contributed by atoms with E-state index in [1.54, 1.807) is 21.6 Å². The second-order valence-corrected chi connectivity index (χ2v) is 12.1.